The maximum absolute atomic E-state index is 5.66. The molecule has 3 aromatic rings. The second-order valence-corrected chi connectivity index (χ2v) is 7.86. The quantitative estimate of drug-likeness (QED) is 0.574. The van der Waals surface area contributed by atoms with E-state index in [9.17, 15) is 0 Å². The summed E-state index contributed by atoms with van der Waals surface area (Å²) in [7, 11) is 3.38. The lowest BCUT2D eigenvalue weighted by molar-refractivity contribution is 0.397. The third kappa shape index (κ3) is 3.70. The highest BCUT2D eigenvalue weighted by Gasteiger charge is 2.21. The fourth-order valence-corrected chi connectivity index (χ4v) is 3.18. The topological polar surface area (TPSA) is 44.5 Å². The average Bonchev–Trinajstić information content (AvgIpc) is 3.12. The van der Waals surface area contributed by atoms with Crippen molar-refractivity contribution < 1.29 is 14.0 Å². The molecule has 142 valence electrons. The number of benzene rings is 2. The molecule has 0 N–H and O–H groups in total. The number of rotatable bonds is 4. The maximum atomic E-state index is 5.66. The van der Waals surface area contributed by atoms with E-state index in [1.165, 1.54) is 0 Å². The summed E-state index contributed by atoms with van der Waals surface area (Å²) in [4.78, 5) is 0. The molecule has 0 aliphatic carbocycles. The van der Waals surface area contributed by atoms with Crippen LogP contribution in [-0.2, 0) is 5.41 Å². The van der Waals surface area contributed by atoms with Gasteiger partial charge in [0.2, 0.25) is 0 Å². The maximum Gasteiger partial charge on any atom is 0.167 e. The third-order valence-electron chi connectivity index (χ3n) is 4.94. The highest BCUT2D eigenvalue weighted by Crippen LogP contribution is 2.36. The largest absolute Gasteiger partial charge is 0.496 e. The minimum Gasteiger partial charge on any atom is -0.496 e. The van der Waals surface area contributed by atoms with Gasteiger partial charge < -0.3 is 14.0 Å². The lowest BCUT2D eigenvalue weighted by Gasteiger charge is -2.22. The van der Waals surface area contributed by atoms with Crippen LogP contribution in [0.1, 0.15) is 37.5 Å². The minimum absolute atomic E-state index is 0.0361. The molecule has 2 aromatic carbocycles. The highest BCUT2D eigenvalue weighted by atomic mass is 16.5. The zero-order valence-electron chi connectivity index (χ0n) is 17.1. The van der Waals surface area contributed by atoms with Crippen LogP contribution in [-0.4, -0.2) is 19.4 Å². The normalized spacial score (nSPS) is 11.5. The fraction of sp³-hybridized carbons (Fsp3) is 0.348. The van der Waals surface area contributed by atoms with E-state index in [2.05, 4.69) is 51.9 Å². The summed E-state index contributed by atoms with van der Waals surface area (Å²) < 4.78 is 16.7. The Morgan fingerprint density at radius 1 is 0.852 bits per heavy atom. The zero-order valence-corrected chi connectivity index (χ0v) is 17.1. The van der Waals surface area contributed by atoms with Crippen molar-refractivity contribution in [1.29, 1.82) is 0 Å². The Hall–Kier alpha value is -2.75. The lowest BCUT2D eigenvalue weighted by atomic mass is 9.85. The summed E-state index contributed by atoms with van der Waals surface area (Å²) in [5, 5.41) is 4.28. The van der Waals surface area contributed by atoms with Gasteiger partial charge in [0.15, 0.2) is 5.76 Å². The molecule has 0 aliphatic rings. The molecule has 0 bridgehead atoms. The van der Waals surface area contributed by atoms with Crippen LogP contribution in [0.25, 0.3) is 22.6 Å². The van der Waals surface area contributed by atoms with E-state index < -0.39 is 0 Å². The van der Waals surface area contributed by atoms with Crippen molar-refractivity contribution in [1.82, 2.24) is 5.16 Å². The van der Waals surface area contributed by atoms with Gasteiger partial charge in [-0.2, -0.15) is 0 Å². The molecule has 3 rings (SSSR count). The van der Waals surface area contributed by atoms with Crippen molar-refractivity contribution in [2.24, 2.45) is 0 Å². The molecule has 27 heavy (non-hydrogen) atoms. The second-order valence-electron chi connectivity index (χ2n) is 7.86. The third-order valence-corrected chi connectivity index (χ3v) is 4.94. The number of hydrogen-bond acceptors (Lipinski definition) is 4. The molecule has 0 spiro atoms. The van der Waals surface area contributed by atoms with Crippen molar-refractivity contribution in [3.8, 4) is 34.1 Å². The number of aryl methyl sites for hydroxylation is 1. The number of hydrogen-bond donors (Lipinski definition) is 0. The molecule has 1 heterocycles. The van der Waals surface area contributed by atoms with Gasteiger partial charge in [-0.3, -0.25) is 0 Å². The van der Waals surface area contributed by atoms with Gasteiger partial charge in [-0.15, -0.1) is 0 Å². The predicted molar refractivity (Wildman–Crippen MR) is 109 cm³/mol. The SMILES string of the molecule is COc1ccc(-c2cc(-c3cc(C)c(C)c(OC)c3)no2)cc1C(C)(C)C. The Kier molecular flexibility index (Phi) is 5.01. The molecule has 0 amide bonds. The van der Waals surface area contributed by atoms with Gasteiger partial charge in [-0.05, 0) is 60.7 Å². The standard InChI is InChI=1S/C23H27NO3/c1-14-10-17(12-21(26-7)15(14)2)19-13-22(27-24-19)16-8-9-20(25-6)18(11-16)23(3,4)5/h8-13H,1-7H3. The lowest BCUT2D eigenvalue weighted by Crippen LogP contribution is -2.12. The van der Waals surface area contributed by atoms with Crippen LogP contribution in [0, 0.1) is 13.8 Å². The van der Waals surface area contributed by atoms with E-state index in [0.717, 1.165) is 50.8 Å². The van der Waals surface area contributed by atoms with Gasteiger partial charge in [0, 0.05) is 22.8 Å². The molecule has 0 unspecified atom stereocenters. The molecule has 4 heteroatoms. The van der Waals surface area contributed by atoms with Gasteiger partial charge in [0.05, 0.1) is 14.2 Å². The summed E-state index contributed by atoms with van der Waals surface area (Å²) in [6, 6.07) is 12.2. The van der Waals surface area contributed by atoms with E-state index in [1.54, 1.807) is 14.2 Å². The van der Waals surface area contributed by atoms with E-state index in [1.807, 2.05) is 24.3 Å². The van der Waals surface area contributed by atoms with Crippen molar-refractivity contribution in [2.75, 3.05) is 14.2 Å². The first-order valence-corrected chi connectivity index (χ1v) is 9.06. The Morgan fingerprint density at radius 2 is 1.56 bits per heavy atom. The molecule has 0 saturated carbocycles. The first kappa shape index (κ1) is 19.0. The summed E-state index contributed by atoms with van der Waals surface area (Å²) in [6.45, 7) is 10.6. The monoisotopic (exact) mass is 365 g/mol. The van der Waals surface area contributed by atoms with Crippen molar-refractivity contribution in [3.63, 3.8) is 0 Å². The second kappa shape index (κ2) is 7.10. The summed E-state index contributed by atoms with van der Waals surface area (Å²) >= 11 is 0. The Labute approximate surface area is 161 Å². The van der Waals surface area contributed by atoms with E-state index in [4.69, 9.17) is 14.0 Å². The predicted octanol–water partition coefficient (Wildman–Crippen LogP) is 5.94. The molecule has 4 nitrogen and oxygen atoms in total. The first-order chi connectivity index (χ1) is 12.7. The molecule has 0 saturated heterocycles. The van der Waals surface area contributed by atoms with Gasteiger partial charge in [-0.25, -0.2) is 0 Å². The molecule has 1 aromatic heterocycles. The molecular weight excluding hydrogens is 338 g/mol. The number of aromatic nitrogens is 1. The van der Waals surface area contributed by atoms with Gasteiger partial charge in [0.1, 0.15) is 17.2 Å². The Morgan fingerprint density at radius 3 is 2.19 bits per heavy atom. The molecular formula is C23H27NO3. The van der Waals surface area contributed by atoms with Crippen LogP contribution in [0.5, 0.6) is 11.5 Å². The summed E-state index contributed by atoms with van der Waals surface area (Å²) in [5.74, 6) is 2.47. The van der Waals surface area contributed by atoms with Crippen molar-refractivity contribution >= 4 is 0 Å². The highest BCUT2D eigenvalue weighted by molar-refractivity contribution is 5.70. The van der Waals surface area contributed by atoms with Crippen LogP contribution in [0.15, 0.2) is 40.9 Å². The summed E-state index contributed by atoms with van der Waals surface area (Å²) in [5.41, 5.74) is 6.15. The van der Waals surface area contributed by atoms with E-state index >= 15 is 0 Å². The first-order valence-electron chi connectivity index (χ1n) is 9.06. The number of nitrogens with zero attached hydrogens (tertiary/aromatic N) is 1. The number of methoxy groups -OCH3 is 2. The van der Waals surface area contributed by atoms with Gasteiger partial charge in [0.25, 0.3) is 0 Å². The van der Waals surface area contributed by atoms with Crippen LogP contribution >= 0.6 is 0 Å². The fourth-order valence-electron chi connectivity index (χ4n) is 3.18. The minimum atomic E-state index is -0.0361. The Balaban J connectivity index is 2.03. The van der Waals surface area contributed by atoms with Crippen LogP contribution in [0.3, 0.4) is 0 Å². The van der Waals surface area contributed by atoms with E-state index in [-0.39, 0.29) is 5.41 Å². The number of ether oxygens (including phenoxy) is 2. The van der Waals surface area contributed by atoms with Crippen LogP contribution in [0.4, 0.5) is 0 Å². The molecule has 0 aliphatic heterocycles. The van der Waals surface area contributed by atoms with Crippen molar-refractivity contribution in [2.45, 2.75) is 40.0 Å². The average molecular weight is 365 g/mol. The summed E-state index contributed by atoms with van der Waals surface area (Å²) in [6.07, 6.45) is 0. The molecule has 0 atom stereocenters. The van der Waals surface area contributed by atoms with Crippen LogP contribution in [0.2, 0.25) is 0 Å². The van der Waals surface area contributed by atoms with Crippen LogP contribution < -0.4 is 9.47 Å². The van der Waals surface area contributed by atoms with Crippen molar-refractivity contribution in [3.05, 3.63) is 53.1 Å². The molecule has 0 fully saturated rings. The zero-order chi connectivity index (χ0) is 19.8. The Bertz CT molecular complexity index is 964. The van der Waals surface area contributed by atoms with Gasteiger partial charge >= 0.3 is 0 Å². The van der Waals surface area contributed by atoms with E-state index in [0.29, 0.717) is 0 Å². The molecule has 0 radical (unpaired) electrons. The van der Waals surface area contributed by atoms with Gasteiger partial charge in [-0.1, -0.05) is 25.9 Å². The smallest absolute Gasteiger partial charge is 0.167 e.